The zero-order chi connectivity index (χ0) is 17.0. The lowest BCUT2D eigenvalue weighted by Crippen LogP contribution is -2.08. The van der Waals surface area contributed by atoms with Crippen LogP contribution in [0.1, 0.15) is 11.1 Å². The van der Waals surface area contributed by atoms with Crippen LogP contribution in [0.2, 0.25) is 5.02 Å². The van der Waals surface area contributed by atoms with Gasteiger partial charge in [-0.25, -0.2) is 0 Å². The van der Waals surface area contributed by atoms with Crippen LogP contribution in [0.25, 0.3) is 0 Å². The Morgan fingerprint density at radius 3 is 2.35 bits per heavy atom. The van der Waals surface area contributed by atoms with Crippen LogP contribution in [0.3, 0.4) is 0 Å². The van der Waals surface area contributed by atoms with E-state index < -0.39 is 8.72 Å². The van der Waals surface area contributed by atoms with Crippen molar-refractivity contribution < 1.29 is 4.92 Å². The summed E-state index contributed by atoms with van der Waals surface area (Å²) in [5, 5.41) is 11.5. The van der Waals surface area contributed by atoms with Crippen LogP contribution in [-0.4, -0.2) is 4.92 Å². The molecule has 23 heavy (non-hydrogen) atoms. The topological polar surface area (TPSA) is 55.2 Å². The number of rotatable bonds is 5. The molecule has 4 nitrogen and oxygen atoms in total. The first-order valence-electron chi connectivity index (χ1n) is 6.27. The van der Waals surface area contributed by atoms with Crippen LogP contribution in [0.4, 0.5) is 5.69 Å². The lowest BCUT2D eigenvalue weighted by atomic mass is 10.2. The summed E-state index contributed by atoms with van der Waals surface area (Å²) in [5.74, 6) is 0. The number of nitrogens with zero attached hydrogens (tertiary/aromatic N) is 1. The summed E-state index contributed by atoms with van der Waals surface area (Å²) in [4.78, 5) is 10.9. The second-order valence-electron chi connectivity index (χ2n) is 4.48. The molecular formula is C14H10Cl4N2O2S. The van der Waals surface area contributed by atoms with E-state index in [0.29, 0.717) is 16.5 Å². The summed E-state index contributed by atoms with van der Waals surface area (Å²) in [6.45, 7) is 0.554. The Bertz CT molecular complexity index is 705. The minimum Gasteiger partial charge on any atom is -0.258 e. The molecule has 0 fully saturated rings. The average molecular weight is 412 g/mol. The van der Waals surface area contributed by atoms with Gasteiger partial charge in [0.15, 0.2) is 0 Å². The molecule has 2 rings (SSSR count). The van der Waals surface area contributed by atoms with E-state index in [1.54, 1.807) is 18.2 Å². The van der Waals surface area contributed by atoms with Crippen LogP contribution in [0, 0.1) is 10.1 Å². The first kappa shape index (κ1) is 18.6. The zero-order valence-corrected chi connectivity index (χ0v) is 15.3. The second kappa shape index (κ2) is 7.92. The number of hydrogen-bond acceptors (Lipinski definition) is 4. The Balaban J connectivity index is 2.12. The highest BCUT2D eigenvalue weighted by molar-refractivity contribution is 7.97. The fraction of sp³-hybridized carbons (Fsp3) is 0.143. The van der Waals surface area contributed by atoms with E-state index in [0.717, 1.165) is 5.56 Å². The molecule has 1 N–H and O–H groups in total. The Morgan fingerprint density at radius 1 is 1.13 bits per heavy atom. The molecular weight excluding hydrogens is 402 g/mol. The van der Waals surface area contributed by atoms with Crippen molar-refractivity contribution in [3.8, 4) is 0 Å². The fourth-order valence-corrected chi connectivity index (χ4v) is 3.36. The van der Waals surface area contributed by atoms with Gasteiger partial charge in [0, 0.05) is 34.2 Å². The van der Waals surface area contributed by atoms with Gasteiger partial charge in [0.1, 0.15) is 0 Å². The molecule has 0 bridgehead atoms. The number of non-ortho nitro benzene ring substituents is 1. The largest absolute Gasteiger partial charge is 0.269 e. The Hall–Kier alpha value is -0.690. The third-order valence-electron chi connectivity index (χ3n) is 2.85. The van der Waals surface area contributed by atoms with Crippen LogP contribution in [-0.2, 0) is 10.3 Å². The molecule has 0 amide bonds. The molecule has 9 heteroatoms. The smallest absolute Gasteiger partial charge is 0.258 e. The molecule has 122 valence electrons. The van der Waals surface area contributed by atoms with Gasteiger partial charge in [-0.15, -0.1) is 0 Å². The summed E-state index contributed by atoms with van der Waals surface area (Å²) in [5.41, 5.74) is 1.15. The third kappa shape index (κ3) is 5.41. The predicted octanol–water partition coefficient (Wildman–Crippen LogP) is 5.87. The quantitative estimate of drug-likeness (QED) is 0.289. The maximum Gasteiger partial charge on any atom is 0.269 e. The van der Waals surface area contributed by atoms with Crippen LogP contribution in [0.5, 0.6) is 0 Å². The van der Waals surface area contributed by atoms with Gasteiger partial charge >= 0.3 is 0 Å². The number of nitrogens with one attached hydrogen (secondary N) is 1. The van der Waals surface area contributed by atoms with Gasteiger partial charge in [0.05, 0.1) is 4.92 Å². The Morgan fingerprint density at radius 2 is 1.78 bits per heavy atom. The number of hydrogen-bond donors (Lipinski definition) is 1. The average Bonchev–Trinajstić information content (AvgIpc) is 2.48. The van der Waals surface area contributed by atoms with Gasteiger partial charge in [-0.1, -0.05) is 58.5 Å². The molecule has 0 radical (unpaired) electrons. The molecule has 0 saturated carbocycles. The molecule has 0 aliphatic carbocycles. The molecule has 0 heterocycles. The van der Waals surface area contributed by atoms with Crippen molar-refractivity contribution >= 4 is 64.0 Å². The monoisotopic (exact) mass is 410 g/mol. The summed E-state index contributed by atoms with van der Waals surface area (Å²) in [6, 6.07) is 11.5. The zero-order valence-electron chi connectivity index (χ0n) is 11.4. The van der Waals surface area contributed by atoms with Gasteiger partial charge in [-0.3, -0.25) is 14.8 Å². The van der Waals surface area contributed by atoms with Gasteiger partial charge in [-0.2, -0.15) is 0 Å². The highest BCUT2D eigenvalue weighted by atomic mass is 35.6. The lowest BCUT2D eigenvalue weighted by molar-refractivity contribution is -0.385. The normalized spacial score (nSPS) is 11.5. The standard InChI is InChI=1S/C14H10Cl4N2O2S/c15-10-3-1-9(2-4-10)8-19-23-13-6-5-11(20(21)22)7-12(13)14(16,17)18/h1-7,19H,8H2. The number of nitro benzene ring substituents is 1. The molecule has 0 unspecified atom stereocenters. The molecule has 2 aromatic carbocycles. The predicted molar refractivity (Wildman–Crippen MR) is 96.5 cm³/mol. The molecule has 0 aliphatic heterocycles. The lowest BCUT2D eigenvalue weighted by Gasteiger charge is -2.16. The van der Waals surface area contributed by atoms with Gasteiger partial charge < -0.3 is 0 Å². The minimum atomic E-state index is -1.75. The van der Waals surface area contributed by atoms with Gasteiger partial charge in [-0.05, 0) is 35.7 Å². The number of nitro groups is 1. The van der Waals surface area contributed by atoms with E-state index in [2.05, 4.69) is 4.72 Å². The molecule has 0 aromatic heterocycles. The number of halogens is 4. The van der Waals surface area contributed by atoms with Crippen molar-refractivity contribution in [3.63, 3.8) is 0 Å². The first-order valence-corrected chi connectivity index (χ1v) is 8.60. The molecule has 0 aliphatic rings. The van der Waals surface area contributed by atoms with Crippen molar-refractivity contribution in [2.45, 2.75) is 15.2 Å². The molecule has 2 aromatic rings. The van der Waals surface area contributed by atoms with Crippen molar-refractivity contribution in [1.29, 1.82) is 0 Å². The van der Waals surface area contributed by atoms with Crippen molar-refractivity contribution in [2.75, 3.05) is 0 Å². The molecule has 0 saturated heterocycles. The first-order chi connectivity index (χ1) is 10.8. The number of benzene rings is 2. The van der Waals surface area contributed by atoms with Crippen molar-refractivity contribution in [3.05, 3.63) is 68.7 Å². The van der Waals surface area contributed by atoms with Crippen molar-refractivity contribution in [1.82, 2.24) is 4.72 Å². The fourth-order valence-electron chi connectivity index (χ4n) is 1.74. The van der Waals surface area contributed by atoms with Crippen LogP contribution >= 0.6 is 58.4 Å². The van der Waals surface area contributed by atoms with Gasteiger partial charge in [0.25, 0.3) is 5.69 Å². The highest BCUT2D eigenvalue weighted by Crippen LogP contribution is 2.43. The van der Waals surface area contributed by atoms with Crippen LogP contribution < -0.4 is 4.72 Å². The maximum absolute atomic E-state index is 10.9. The van der Waals surface area contributed by atoms with Gasteiger partial charge in [0.2, 0.25) is 3.79 Å². The number of alkyl halides is 3. The maximum atomic E-state index is 10.9. The van der Waals surface area contributed by atoms with E-state index in [-0.39, 0.29) is 11.3 Å². The third-order valence-corrected chi connectivity index (χ3v) is 4.58. The summed E-state index contributed by atoms with van der Waals surface area (Å²) < 4.78 is 1.37. The second-order valence-corrected chi connectivity index (χ2v) is 8.14. The Labute approximate surface area is 157 Å². The summed E-state index contributed by atoms with van der Waals surface area (Å²) >= 11 is 24.8. The van der Waals surface area contributed by atoms with Crippen LogP contribution in [0.15, 0.2) is 47.4 Å². The Kier molecular flexibility index (Phi) is 6.42. The summed E-state index contributed by atoms with van der Waals surface area (Å²) in [7, 11) is 0. The minimum absolute atomic E-state index is 0.131. The highest BCUT2D eigenvalue weighted by Gasteiger charge is 2.28. The van der Waals surface area contributed by atoms with E-state index in [1.807, 2.05) is 12.1 Å². The molecule has 0 spiro atoms. The van der Waals surface area contributed by atoms with E-state index in [4.69, 9.17) is 46.4 Å². The van der Waals surface area contributed by atoms with E-state index in [9.17, 15) is 10.1 Å². The molecule has 0 atom stereocenters. The SMILES string of the molecule is O=[N+]([O-])c1ccc(SNCc2ccc(Cl)cc2)c(C(Cl)(Cl)Cl)c1. The summed E-state index contributed by atoms with van der Waals surface area (Å²) in [6.07, 6.45) is 0. The van der Waals surface area contributed by atoms with Crippen molar-refractivity contribution in [2.24, 2.45) is 0 Å². The van der Waals surface area contributed by atoms with E-state index in [1.165, 1.54) is 24.1 Å². The van der Waals surface area contributed by atoms with E-state index >= 15 is 0 Å².